The summed E-state index contributed by atoms with van der Waals surface area (Å²) in [5, 5.41) is 11.3. The normalized spacial score (nSPS) is 18.7. The Bertz CT molecular complexity index is 630. The topological polar surface area (TPSA) is 80.5 Å². The molecule has 1 aromatic carbocycles. The zero-order valence-corrected chi connectivity index (χ0v) is 13.3. The molecule has 6 nitrogen and oxygen atoms in total. The van der Waals surface area contributed by atoms with Gasteiger partial charge in [0.1, 0.15) is 11.5 Å². The number of Topliss-reactive ketones (excluding diaryl/α,β-unsaturated/α-hetero) is 1. The molecular weight excluding hydrogens is 340 g/mol. The number of hydrogen-bond acceptors (Lipinski definition) is 4. The number of nitrogens with zero attached hydrogens (tertiary/aromatic N) is 2. The molecule has 0 spiro atoms. The number of amides is 1. The summed E-state index contributed by atoms with van der Waals surface area (Å²) in [5.41, 5.74) is 0.839. The van der Waals surface area contributed by atoms with Crippen molar-refractivity contribution in [2.24, 2.45) is 5.92 Å². The third-order valence-electron chi connectivity index (χ3n) is 3.58. The van der Waals surface area contributed by atoms with Gasteiger partial charge in [-0.05, 0) is 54.2 Å². The zero-order valence-electron chi connectivity index (χ0n) is 11.8. The highest BCUT2D eigenvalue weighted by atomic mass is 79.9. The molecular formula is C14H15BrN2O4. The van der Waals surface area contributed by atoms with Crippen molar-refractivity contribution in [3.8, 4) is 0 Å². The molecule has 1 heterocycles. The molecule has 21 heavy (non-hydrogen) atoms. The second kappa shape index (κ2) is 5.93. The van der Waals surface area contributed by atoms with Crippen molar-refractivity contribution in [1.29, 1.82) is 0 Å². The lowest BCUT2D eigenvalue weighted by Gasteiger charge is -2.31. The quantitative estimate of drug-likeness (QED) is 0.474. The Morgan fingerprint density at radius 1 is 1.48 bits per heavy atom. The maximum atomic E-state index is 12.4. The fourth-order valence-corrected chi connectivity index (χ4v) is 3.38. The lowest BCUT2D eigenvalue weighted by Crippen LogP contribution is -2.44. The first kappa shape index (κ1) is 15.6. The highest BCUT2D eigenvalue weighted by Crippen LogP contribution is 2.39. The molecule has 1 saturated heterocycles. The van der Waals surface area contributed by atoms with Gasteiger partial charge in [-0.2, -0.15) is 0 Å². The van der Waals surface area contributed by atoms with Crippen LogP contribution in [0, 0.1) is 23.0 Å². The molecule has 7 heteroatoms. The van der Waals surface area contributed by atoms with Crippen molar-refractivity contribution < 1.29 is 14.5 Å². The average molecular weight is 355 g/mol. The first-order chi connectivity index (χ1) is 9.82. The molecule has 0 unspecified atom stereocenters. The molecule has 0 N–H and O–H groups in total. The van der Waals surface area contributed by atoms with Gasteiger partial charge in [0.2, 0.25) is 5.91 Å². The summed E-state index contributed by atoms with van der Waals surface area (Å²) in [6.45, 7) is 3.51. The summed E-state index contributed by atoms with van der Waals surface area (Å²) in [6, 6.07) is 3.16. The van der Waals surface area contributed by atoms with E-state index in [1.165, 1.54) is 17.9 Å². The highest BCUT2D eigenvalue weighted by Gasteiger charge is 2.36. The van der Waals surface area contributed by atoms with Crippen molar-refractivity contribution in [1.82, 2.24) is 0 Å². The minimum Gasteiger partial charge on any atom is -0.305 e. The fraction of sp³-hybridized carbons (Fsp3) is 0.429. The summed E-state index contributed by atoms with van der Waals surface area (Å²) in [6.07, 6.45) is 1.15. The summed E-state index contributed by atoms with van der Waals surface area (Å²) >= 11 is 3.30. The van der Waals surface area contributed by atoms with E-state index in [0.29, 0.717) is 23.9 Å². The summed E-state index contributed by atoms with van der Waals surface area (Å²) in [7, 11) is 0. The lowest BCUT2D eigenvalue weighted by molar-refractivity contribution is -0.384. The van der Waals surface area contributed by atoms with Crippen LogP contribution in [0.1, 0.15) is 25.3 Å². The number of rotatable bonds is 3. The number of piperidine rings is 1. The maximum Gasteiger partial charge on any atom is 0.294 e. The van der Waals surface area contributed by atoms with E-state index in [1.54, 1.807) is 13.0 Å². The van der Waals surface area contributed by atoms with Crippen LogP contribution in [-0.4, -0.2) is 23.2 Å². The minimum atomic E-state index is -0.702. The third-order valence-corrected chi connectivity index (χ3v) is 4.19. The van der Waals surface area contributed by atoms with Crippen LogP contribution in [0.2, 0.25) is 0 Å². The number of benzene rings is 1. The molecule has 1 aliphatic heterocycles. The van der Waals surface area contributed by atoms with E-state index in [0.717, 1.165) is 5.56 Å². The number of halogens is 1. The van der Waals surface area contributed by atoms with Crippen molar-refractivity contribution in [2.75, 3.05) is 11.4 Å². The van der Waals surface area contributed by atoms with E-state index in [2.05, 4.69) is 15.9 Å². The van der Waals surface area contributed by atoms with Gasteiger partial charge in [-0.1, -0.05) is 0 Å². The molecule has 1 aromatic rings. The van der Waals surface area contributed by atoms with Gasteiger partial charge in [0, 0.05) is 17.1 Å². The molecule has 1 aliphatic rings. The first-order valence-electron chi connectivity index (χ1n) is 6.59. The van der Waals surface area contributed by atoms with Gasteiger partial charge >= 0.3 is 0 Å². The van der Waals surface area contributed by atoms with Gasteiger partial charge in [0.15, 0.2) is 0 Å². The van der Waals surface area contributed by atoms with Gasteiger partial charge in [0.25, 0.3) is 5.69 Å². The van der Waals surface area contributed by atoms with Gasteiger partial charge in [-0.15, -0.1) is 0 Å². The van der Waals surface area contributed by atoms with Crippen molar-refractivity contribution >= 4 is 39.0 Å². The van der Waals surface area contributed by atoms with Crippen LogP contribution in [0.5, 0.6) is 0 Å². The number of nitro groups is 1. The predicted octanol–water partition coefficient (Wildman–Crippen LogP) is 3.00. The second-order valence-corrected chi connectivity index (χ2v) is 6.02. The van der Waals surface area contributed by atoms with Crippen molar-refractivity contribution in [3.05, 3.63) is 32.3 Å². The number of aryl methyl sites for hydroxylation is 1. The molecule has 0 aliphatic carbocycles. The number of carbonyl (C=O) groups is 2. The first-order valence-corrected chi connectivity index (χ1v) is 7.38. The van der Waals surface area contributed by atoms with Crippen LogP contribution in [-0.2, 0) is 9.59 Å². The molecule has 2 rings (SSSR count). The molecule has 112 valence electrons. The van der Waals surface area contributed by atoms with E-state index in [1.807, 2.05) is 0 Å². The predicted molar refractivity (Wildman–Crippen MR) is 81.3 cm³/mol. The Labute approximate surface area is 130 Å². The SMILES string of the molecule is CC(=O)[C@H]1CCCN(c2c(Br)cc(C)cc2[N+](=O)[O-])C1=O. The van der Waals surface area contributed by atoms with Crippen molar-refractivity contribution in [2.45, 2.75) is 26.7 Å². The van der Waals surface area contributed by atoms with E-state index < -0.39 is 10.8 Å². The van der Waals surface area contributed by atoms with Crippen LogP contribution < -0.4 is 4.90 Å². The molecule has 1 amide bonds. The van der Waals surface area contributed by atoms with Gasteiger partial charge < -0.3 is 4.90 Å². The molecule has 1 fully saturated rings. The van der Waals surface area contributed by atoms with Crippen LogP contribution in [0.15, 0.2) is 16.6 Å². The monoisotopic (exact) mass is 354 g/mol. The van der Waals surface area contributed by atoms with Gasteiger partial charge in [-0.3, -0.25) is 19.7 Å². The van der Waals surface area contributed by atoms with Crippen LogP contribution in [0.3, 0.4) is 0 Å². The Morgan fingerprint density at radius 3 is 2.71 bits per heavy atom. The largest absolute Gasteiger partial charge is 0.305 e. The van der Waals surface area contributed by atoms with Crippen LogP contribution >= 0.6 is 15.9 Å². The highest BCUT2D eigenvalue weighted by molar-refractivity contribution is 9.10. The Balaban J connectivity index is 2.53. The zero-order chi connectivity index (χ0) is 15.7. The number of anilines is 1. The smallest absolute Gasteiger partial charge is 0.294 e. The summed E-state index contributed by atoms with van der Waals surface area (Å²) < 4.78 is 0.492. The molecule has 0 aromatic heterocycles. The third kappa shape index (κ3) is 2.97. The molecule has 0 saturated carbocycles. The Morgan fingerprint density at radius 2 is 2.14 bits per heavy atom. The van der Waals surface area contributed by atoms with Crippen LogP contribution in [0.25, 0.3) is 0 Å². The molecule has 1 atom stereocenters. The number of hydrogen-bond donors (Lipinski definition) is 0. The van der Waals surface area contributed by atoms with Gasteiger partial charge in [0.05, 0.1) is 10.8 Å². The molecule has 0 radical (unpaired) electrons. The number of carbonyl (C=O) groups excluding carboxylic acids is 2. The number of nitro benzene ring substituents is 1. The lowest BCUT2D eigenvalue weighted by atomic mass is 9.93. The molecule has 0 bridgehead atoms. The van der Waals surface area contributed by atoms with E-state index >= 15 is 0 Å². The van der Waals surface area contributed by atoms with E-state index in [9.17, 15) is 19.7 Å². The standard InChI is InChI=1S/C14H15BrN2O4/c1-8-6-11(15)13(12(7-8)17(20)21)16-5-3-4-10(9(2)18)14(16)19/h6-7,10H,3-5H2,1-2H3/t10-/m1/s1. The number of ketones is 1. The Kier molecular flexibility index (Phi) is 4.41. The summed E-state index contributed by atoms with van der Waals surface area (Å²) in [4.78, 5) is 36.1. The summed E-state index contributed by atoms with van der Waals surface area (Å²) in [5.74, 6) is -1.26. The van der Waals surface area contributed by atoms with Crippen LogP contribution in [0.4, 0.5) is 11.4 Å². The fourth-order valence-electron chi connectivity index (χ4n) is 2.60. The minimum absolute atomic E-state index is 0.126. The Hall–Kier alpha value is -1.76. The maximum absolute atomic E-state index is 12.4. The van der Waals surface area contributed by atoms with E-state index in [-0.39, 0.29) is 23.1 Å². The second-order valence-electron chi connectivity index (χ2n) is 5.17. The average Bonchev–Trinajstić information content (AvgIpc) is 2.38. The van der Waals surface area contributed by atoms with Gasteiger partial charge in [-0.25, -0.2) is 0 Å². The van der Waals surface area contributed by atoms with E-state index in [4.69, 9.17) is 0 Å². The van der Waals surface area contributed by atoms with Crippen molar-refractivity contribution in [3.63, 3.8) is 0 Å².